The molecule has 0 saturated heterocycles. The van der Waals surface area contributed by atoms with Gasteiger partial charge in [-0.15, -0.1) is 0 Å². The SMILES string of the molecule is C[C@H]1CC2(CCCC2)N(C(=O)[C@@H]2CCCC[C@@H]2C(=O)[O-])c2ccc(F)cc21. The summed E-state index contributed by atoms with van der Waals surface area (Å²) in [6.07, 6.45) is 7.62. The van der Waals surface area contributed by atoms with Crippen LogP contribution in [0.3, 0.4) is 0 Å². The predicted molar refractivity (Wildman–Crippen MR) is 98.6 cm³/mol. The molecule has 1 aliphatic heterocycles. The third-order valence-electron chi connectivity index (χ3n) is 7.06. The molecule has 3 atom stereocenters. The van der Waals surface area contributed by atoms with Crippen molar-refractivity contribution in [3.63, 3.8) is 0 Å². The van der Waals surface area contributed by atoms with E-state index < -0.39 is 17.8 Å². The molecular weight excluding hydrogens is 345 g/mol. The molecule has 1 amide bonds. The monoisotopic (exact) mass is 372 g/mol. The van der Waals surface area contributed by atoms with Crippen molar-refractivity contribution in [3.8, 4) is 0 Å². The van der Waals surface area contributed by atoms with Crippen LogP contribution in [0.1, 0.15) is 76.2 Å². The van der Waals surface area contributed by atoms with Gasteiger partial charge < -0.3 is 14.8 Å². The second kappa shape index (κ2) is 6.92. The second-order valence-electron chi connectivity index (χ2n) is 8.73. The first kappa shape index (κ1) is 18.5. The molecule has 146 valence electrons. The molecule has 1 spiro atoms. The number of fused-ring (bicyclic) bond motifs is 1. The first-order valence-corrected chi connectivity index (χ1v) is 10.3. The van der Waals surface area contributed by atoms with Crippen LogP contribution in [0.15, 0.2) is 18.2 Å². The van der Waals surface area contributed by atoms with E-state index in [4.69, 9.17) is 0 Å². The molecule has 5 heteroatoms. The molecule has 3 aliphatic rings. The lowest BCUT2D eigenvalue weighted by molar-refractivity contribution is -0.314. The Morgan fingerprint density at radius 3 is 2.44 bits per heavy atom. The molecular formula is C22H27FNO3-. The fourth-order valence-corrected chi connectivity index (χ4v) is 5.84. The van der Waals surface area contributed by atoms with Crippen LogP contribution in [0.4, 0.5) is 10.1 Å². The van der Waals surface area contributed by atoms with Gasteiger partial charge in [0.1, 0.15) is 5.82 Å². The molecule has 27 heavy (non-hydrogen) atoms. The van der Waals surface area contributed by atoms with Crippen LogP contribution in [0, 0.1) is 17.7 Å². The molecule has 2 aliphatic carbocycles. The van der Waals surface area contributed by atoms with Gasteiger partial charge in [-0.25, -0.2) is 4.39 Å². The van der Waals surface area contributed by atoms with E-state index >= 15 is 0 Å². The van der Waals surface area contributed by atoms with Gasteiger partial charge in [-0.1, -0.05) is 32.6 Å². The fraction of sp³-hybridized carbons (Fsp3) is 0.636. The van der Waals surface area contributed by atoms with Crippen molar-refractivity contribution in [1.29, 1.82) is 0 Å². The van der Waals surface area contributed by atoms with Crippen molar-refractivity contribution < 1.29 is 19.1 Å². The van der Waals surface area contributed by atoms with Crippen molar-refractivity contribution in [2.45, 2.75) is 76.2 Å². The summed E-state index contributed by atoms with van der Waals surface area (Å²) in [4.78, 5) is 27.3. The summed E-state index contributed by atoms with van der Waals surface area (Å²) in [6, 6.07) is 4.67. The second-order valence-corrected chi connectivity index (χ2v) is 8.73. The first-order chi connectivity index (χ1) is 12.9. The Labute approximate surface area is 159 Å². The number of halogens is 1. The van der Waals surface area contributed by atoms with Crippen molar-refractivity contribution in [2.24, 2.45) is 11.8 Å². The van der Waals surface area contributed by atoms with E-state index in [9.17, 15) is 19.1 Å². The maximum Gasteiger partial charge on any atom is 0.231 e. The Kier molecular flexibility index (Phi) is 4.73. The topological polar surface area (TPSA) is 60.4 Å². The van der Waals surface area contributed by atoms with Gasteiger partial charge in [0.15, 0.2) is 0 Å². The molecule has 2 saturated carbocycles. The van der Waals surface area contributed by atoms with Crippen LogP contribution in [0.25, 0.3) is 0 Å². The number of anilines is 1. The molecule has 0 N–H and O–H groups in total. The maximum atomic E-state index is 13.9. The van der Waals surface area contributed by atoms with Gasteiger partial charge >= 0.3 is 0 Å². The Morgan fingerprint density at radius 2 is 1.78 bits per heavy atom. The average molecular weight is 372 g/mol. The fourth-order valence-electron chi connectivity index (χ4n) is 5.84. The predicted octanol–water partition coefficient (Wildman–Crippen LogP) is 3.54. The molecule has 1 heterocycles. The number of rotatable bonds is 2. The zero-order valence-electron chi connectivity index (χ0n) is 15.9. The Balaban J connectivity index is 1.78. The van der Waals surface area contributed by atoms with E-state index in [0.29, 0.717) is 12.8 Å². The normalized spacial score (nSPS) is 29.6. The number of benzene rings is 1. The molecule has 4 rings (SSSR count). The smallest absolute Gasteiger partial charge is 0.231 e. The van der Waals surface area contributed by atoms with E-state index in [1.165, 1.54) is 6.07 Å². The third kappa shape index (κ3) is 3.05. The number of carboxylic acids is 1. The first-order valence-electron chi connectivity index (χ1n) is 10.3. The lowest BCUT2D eigenvalue weighted by Crippen LogP contribution is -2.57. The van der Waals surface area contributed by atoms with E-state index in [1.54, 1.807) is 12.1 Å². The average Bonchev–Trinajstić information content (AvgIpc) is 3.10. The number of carbonyl (C=O) groups excluding carboxylic acids is 2. The minimum atomic E-state index is -1.11. The highest BCUT2D eigenvalue weighted by molar-refractivity contribution is 5.99. The number of carboxylic acid groups (broad SMARTS) is 1. The van der Waals surface area contributed by atoms with E-state index in [1.807, 2.05) is 4.90 Å². The summed E-state index contributed by atoms with van der Waals surface area (Å²) < 4.78 is 13.9. The molecule has 0 bridgehead atoms. The number of aliphatic carboxylic acids is 1. The summed E-state index contributed by atoms with van der Waals surface area (Å²) in [5.41, 5.74) is 1.39. The van der Waals surface area contributed by atoms with Crippen LogP contribution in [-0.4, -0.2) is 17.4 Å². The Hall–Kier alpha value is -1.91. The van der Waals surface area contributed by atoms with Gasteiger partial charge in [0.25, 0.3) is 0 Å². The summed E-state index contributed by atoms with van der Waals surface area (Å²) in [5, 5.41) is 11.7. The highest BCUT2D eigenvalue weighted by Gasteiger charge is 2.50. The zero-order valence-corrected chi connectivity index (χ0v) is 15.9. The van der Waals surface area contributed by atoms with E-state index in [-0.39, 0.29) is 23.2 Å². The number of hydrogen-bond donors (Lipinski definition) is 0. The molecule has 0 unspecified atom stereocenters. The zero-order chi connectivity index (χ0) is 19.2. The van der Waals surface area contributed by atoms with Gasteiger partial charge in [-0.05, 0) is 61.8 Å². The molecule has 4 nitrogen and oxygen atoms in total. The summed E-state index contributed by atoms with van der Waals surface area (Å²) in [5.74, 6) is -2.56. The number of amides is 1. The van der Waals surface area contributed by atoms with Crippen molar-refractivity contribution in [3.05, 3.63) is 29.6 Å². The third-order valence-corrected chi connectivity index (χ3v) is 7.06. The maximum absolute atomic E-state index is 13.9. The molecule has 0 aromatic heterocycles. The van der Waals surface area contributed by atoms with Crippen LogP contribution in [-0.2, 0) is 9.59 Å². The highest BCUT2D eigenvalue weighted by Crippen LogP contribution is 2.52. The molecule has 1 aromatic rings. The van der Waals surface area contributed by atoms with Gasteiger partial charge in [-0.2, -0.15) is 0 Å². The van der Waals surface area contributed by atoms with Crippen molar-refractivity contribution in [1.82, 2.24) is 0 Å². The van der Waals surface area contributed by atoms with Crippen molar-refractivity contribution >= 4 is 17.6 Å². The lowest BCUT2D eigenvalue weighted by atomic mass is 9.73. The quantitative estimate of drug-likeness (QED) is 0.798. The van der Waals surface area contributed by atoms with E-state index in [2.05, 4.69) is 6.92 Å². The number of nitrogens with zero attached hydrogens (tertiary/aromatic N) is 1. The van der Waals surface area contributed by atoms with E-state index in [0.717, 1.165) is 56.2 Å². The summed E-state index contributed by atoms with van der Waals surface area (Å²) in [7, 11) is 0. The molecule has 0 radical (unpaired) electrons. The minimum absolute atomic E-state index is 0.0921. The summed E-state index contributed by atoms with van der Waals surface area (Å²) in [6.45, 7) is 2.10. The lowest BCUT2D eigenvalue weighted by Gasteiger charge is -2.50. The standard InChI is InChI=1S/C22H28FNO3/c1-14-13-22(10-4-5-11-22)24(19-9-8-15(23)12-18(14)19)20(25)16-6-2-3-7-17(16)21(26)27/h8-9,12,14,16-17H,2-7,10-11,13H2,1H3,(H,26,27)/p-1/t14-,16+,17-/m0/s1. The van der Waals surface area contributed by atoms with Crippen LogP contribution >= 0.6 is 0 Å². The van der Waals surface area contributed by atoms with Gasteiger partial charge in [0.2, 0.25) is 5.91 Å². The van der Waals surface area contributed by atoms with Gasteiger partial charge in [0, 0.05) is 29.0 Å². The van der Waals surface area contributed by atoms with Crippen LogP contribution in [0.5, 0.6) is 0 Å². The summed E-state index contributed by atoms with van der Waals surface area (Å²) >= 11 is 0. The molecule has 1 aromatic carbocycles. The highest BCUT2D eigenvalue weighted by atomic mass is 19.1. The van der Waals surface area contributed by atoms with Crippen LogP contribution in [0.2, 0.25) is 0 Å². The minimum Gasteiger partial charge on any atom is -0.550 e. The largest absolute Gasteiger partial charge is 0.550 e. The Bertz CT molecular complexity index is 756. The van der Waals surface area contributed by atoms with Gasteiger partial charge in [-0.3, -0.25) is 4.79 Å². The molecule has 2 fully saturated rings. The Morgan fingerprint density at radius 1 is 1.11 bits per heavy atom. The van der Waals surface area contributed by atoms with Crippen molar-refractivity contribution in [2.75, 3.05) is 4.90 Å². The van der Waals surface area contributed by atoms with Gasteiger partial charge in [0.05, 0.1) is 0 Å². The number of hydrogen-bond acceptors (Lipinski definition) is 3. The van der Waals surface area contributed by atoms with Crippen LogP contribution < -0.4 is 10.0 Å². The number of carbonyl (C=O) groups is 2.